The molecule has 0 saturated carbocycles. The summed E-state index contributed by atoms with van der Waals surface area (Å²) in [6, 6.07) is 1.78. The first-order valence-electron chi connectivity index (χ1n) is 4.73. The van der Waals surface area contributed by atoms with Gasteiger partial charge < -0.3 is 15.4 Å². The Morgan fingerprint density at radius 3 is 2.94 bits per heavy atom. The van der Waals surface area contributed by atoms with E-state index in [1.165, 1.54) is 18.0 Å². The van der Waals surface area contributed by atoms with Gasteiger partial charge in [0.15, 0.2) is 5.84 Å². The molecule has 0 aromatic carbocycles. The first-order valence-corrected chi connectivity index (χ1v) is 5.55. The number of aryl methyl sites for hydroxylation is 1. The average Bonchev–Trinajstić information content (AvgIpc) is 2.81. The van der Waals surface area contributed by atoms with E-state index >= 15 is 0 Å². The van der Waals surface area contributed by atoms with E-state index in [9.17, 15) is 0 Å². The van der Waals surface area contributed by atoms with Gasteiger partial charge in [0.25, 0.3) is 5.22 Å². The van der Waals surface area contributed by atoms with Gasteiger partial charge in [-0.3, -0.25) is 0 Å². The van der Waals surface area contributed by atoms with Gasteiger partial charge in [-0.2, -0.15) is 0 Å². The number of nitrogens with zero attached hydrogens (tertiary/aromatic N) is 3. The lowest BCUT2D eigenvalue weighted by Gasteiger charge is -2.07. The fraction of sp³-hybridized carbons (Fsp3) is 0.100. The lowest BCUT2D eigenvalue weighted by molar-refractivity contribution is 0.318. The van der Waals surface area contributed by atoms with E-state index < -0.39 is 0 Å². The lowest BCUT2D eigenvalue weighted by Crippen LogP contribution is -2.16. The highest BCUT2D eigenvalue weighted by atomic mass is 32.2. The number of nitrogens with two attached hydrogens (primary N) is 1. The molecule has 2 heterocycles. The Morgan fingerprint density at radius 1 is 1.47 bits per heavy atom. The predicted molar refractivity (Wildman–Crippen MR) is 62.1 cm³/mol. The molecule has 0 spiro atoms. The van der Waals surface area contributed by atoms with Crippen LogP contribution in [0.25, 0.3) is 0 Å². The quantitative estimate of drug-likeness (QED) is 0.372. The molecule has 0 bridgehead atoms. The third-order valence-electron chi connectivity index (χ3n) is 2.08. The monoisotopic (exact) mass is 250 g/mol. The molecule has 3 N–H and O–H groups in total. The number of amidine groups is 1. The van der Waals surface area contributed by atoms with Crippen molar-refractivity contribution in [1.29, 1.82) is 0 Å². The Bertz CT molecular complexity index is 539. The van der Waals surface area contributed by atoms with Gasteiger partial charge in [0.05, 0.1) is 11.8 Å². The smallest absolute Gasteiger partial charge is 0.261 e. The maximum Gasteiger partial charge on any atom is 0.261 e. The molecule has 2 rings (SSSR count). The van der Waals surface area contributed by atoms with Crippen LogP contribution in [0.3, 0.4) is 0 Å². The van der Waals surface area contributed by atoms with Crippen LogP contribution < -0.4 is 5.73 Å². The number of hydrogen-bond donors (Lipinski definition) is 2. The summed E-state index contributed by atoms with van der Waals surface area (Å²) in [7, 11) is 0. The molecule has 0 atom stereocenters. The Morgan fingerprint density at radius 2 is 2.29 bits per heavy atom. The second-order valence-corrected chi connectivity index (χ2v) is 4.13. The number of aromatic nitrogens is 2. The van der Waals surface area contributed by atoms with Crippen LogP contribution in [0.1, 0.15) is 11.1 Å². The molecule has 7 heteroatoms. The van der Waals surface area contributed by atoms with Crippen molar-refractivity contribution in [2.75, 3.05) is 0 Å². The zero-order chi connectivity index (χ0) is 12.3. The molecular weight excluding hydrogens is 240 g/mol. The molecule has 0 aliphatic carbocycles. The number of pyridine rings is 1. The molecule has 0 aliphatic heterocycles. The van der Waals surface area contributed by atoms with E-state index in [2.05, 4.69) is 15.1 Å². The van der Waals surface area contributed by atoms with Gasteiger partial charge in [0.1, 0.15) is 11.3 Å². The van der Waals surface area contributed by atoms with Crippen molar-refractivity contribution in [3.63, 3.8) is 0 Å². The molecule has 6 nitrogen and oxygen atoms in total. The molecule has 0 fully saturated rings. The van der Waals surface area contributed by atoms with Gasteiger partial charge in [-0.25, -0.2) is 9.97 Å². The summed E-state index contributed by atoms with van der Waals surface area (Å²) in [5, 5.41) is 12.8. The third kappa shape index (κ3) is 2.39. The minimum atomic E-state index is 0.0182. The van der Waals surface area contributed by atoms with E-state index in [1.54, 1.807) is 18.5 Å². The standard InChI is InChI=1S/C10H10N4O2S/c1-6-2-3-12-9(7(6)8(11)14-15)17-10-13-4-5-16-10/h2-5,15H,1H3,(H2,11,14). The molecule has 2 aromatic rings. The summed E-state index contributed by atoms with van der Waals surface area (Å²) >= 11 is 1.22. The number of hydrogen-bond acceptors (Lipinski definition) is 6. The van der Waals surface area contributed by atoms with Crippen molar-refractivity contribution < 1.29 is 9.62 Å². The predicted octanol–water partition coefficient (Wildman–Crippen LogP) is 1.62. The second-order valence-electron chi connectivity index (χ2n) is 3.19. The highest BCUT2D eigenvalue weighted by Crippen LogP contribution is 2.28. The van der Waals surface area contributed by atoms with Crippen molar-refractivity contribution in [3.05, 3.63) is 35.9 Å². The zero-order valence-corrected chi connectivity index (χ0v) is 9.81. The highest BCUT2D eigenvalue weighted by Gasteiger charge is 2.14. The van der Waals surface area contributed by atoms with Crippen LogP contribution in [0.4, 0.5) is 0 Å². The normalized spacial score (nSPS) is 11.7. The van der Waals surface area contributed by atoms with E-state index in [0.29, 0.717) is 15.8 Å². The largest absolute Gasteiger partial charge is 0.440 e. The Hall–Kier alpha value is -2.02. The van der Waals surface area contributed by atoms with Crippen LogP contribution in [0.2, 0.25) is 0 Å². The summed E-state index contributed by atoms with van der Waals surface area (Å²) in [6.07, 6.45) is 4.66. The average molecular weight is 250 g/mol. The van der Waals surface area contributed by atoms with Crippen LogP contribution in [0.15, 0.2) is 44.5 Å². The molecule has 88 valence electrons. The van der Waals surface area contributed by atoms with E-state index in [-0.39, 0.29) is 5.84 Å². The molecule has 0 saturated heterocycles. The molecule has 0 radical (unpaired) electrons. The minimum absolute atomic E-state index is 0.0182. The van der Waals surface area contributed by atoms with E-state index in [0.717, 1.165) is 5.56 Å². The van der Waals surface area contributed by atoms with Crippen LogP contribution in [-0.2, 0) is 0 Å². The Kier molecular flexibility index (Phi) is 3.29. The number of oxazole rings is 1. The molecule has 0 aliphatic rings. The minimum Gasteiger partial charge on any atom is -0.440 e. The van der Waals surface area contributed by atoms with Crippen LogP contribution in [0.5, 0.6) is 0 Å². The molecule has 2 aromatic heterocycles. The zero-order valence-electron chi connectivity index (χ0n) is 8.99. The first-order chi connectivity index (χ1) is 8.22. The van der Waals surface area contributed by atoms with Crippen LogP contribution in [0, 0.1) is 6.92 Å². The summed E-state index contributed by atoms with van der Waals surface area (Å²) in [4.78, 5) is 8.16. The summed E-state index contributed by atoms with van der Waals surface area (Å²) in [5.41, 5.74) is 7.07. The van der Waals surface area contributed by atoms with Crippen molar-refractivity contribution in [2.45, 2.75) is 17.2 Å². The fourth-order valence-corrected chi connectivity index (χ4v) is 2.18. The first kappa shape index (κ1) is 11.5. The van der Waals surface area contributed by atoms with Crippen LogP contribution >= 0.6 is 11.8 Å². The number of rotatable bonds is 3. The van der Waals surface area contributed by atoms with Crippen molar-refractivity contribution in [3.8, 4) is 0 Å². The number of oxime groups is 1. The van der Waals surface area contributed by atoms with Crippen molar-refractivity contribution >= 4 is 17.6 Å². The molecule has 0 amide bonds. The van der Waals surface area contributed by atoms with Gasteiger partial charge in [-0.05, 0) is 30.3 Å². The van der Waals surface area contributed by atoms with E-state index in [1.807, 2.05) is 6.92 Å². The van der Waals surface area contributed by atoms with Crippen molar-refractivity contribution in [1.82, 2.24) is 9.97 Å². The Balaban J connectivity index is 2.43. The maximum absolute atomic E-state index is 8.75. The topological polar surface area (TPSA) is 97.5 Å². The van der Waals surface area contributed by atoms with E-state index in [4.69, 9.17) is 15.4 Å². The summed E-state index contributed by atoms with van der Waals surface area (Å²) < 4.78 is 5.11. The van der Waals surface area contributed by atoms with Gasteiger partial charge in [-0.1, -0.05) is 5.16 Å². The summed E-state index contributed by atoms with van der Waals surface area (Å²) in [6.45, 7) is 1.86. The van der Waals surface area contributed by atoms with Gasteiger partial charge in [0, 0.05) is 6.20 Å². The fourth-order valence-electron chi connectivity index (χ4n) is 1.32. The van der Waals surface area contributed by atoms with Gasteiger partial charge in [0.2, 0.25) is 0 Å². The molecule has 17 heavy (non-hydrogen) atoms. The van der Waals surface area contributed by atoms with Crippen LogP contribution in [-0.4, -0.2) is 21.0 Å². The van der Waals surface area contributed by atoms with Crippen molar-refractivity contribution in [2.24, 2.45) is 10.9 Å². The highest BCUT2D eigenvalue weighted by molar-refractivity contribution is 7.99. The van der Waals surface area contributed by atoms with Gasteiger partial charge >= 0.3 is 0 Å². The molecular formula is C10H10N4O2S. The Labute approximate surface area is 102 Å². The third-order valence-corrected chi connectivity index (χ3v) is 2.96. The van der Waals surface area contributed by atoms with Gasteiger partial charge in [-0.15, -0.1) is 0 Å². The second kappa shape index (κ2) is 4.88. The SMILES string of the molecule is Cc1ccnc(Sc2ncco2)c1/C(N)=N/O. The summed E-state index contributed by atoms with van der Waals surface area (Å²) in [5.74, 6) is 0.0182. The maximum atomic E-state index is 8.75. The molecule has 0 unspecified atom stereocenters. The lowest BCUT2D eigenvalue weighted by atomic mass is 10.1.